The van der Waals surface area contributed by atoms with Crippen LogP contribution in [0.2, 0.25) is 0 Å². The van der Waals surface area contributed by atoms with Crippen LogP contribution in [0.5, 0.6) is 11.5 Å². The van der Waals surface area contributed by atoms with E-state index in [1.807, 2.05) is 37.1 Å². The molecule has 1 aliphatic heterocycles. The lowest BCUT2D eigenvalue weighted by Crippen LogP contribution is -2.38. The van der Waals surface area contributed by atoms with Crippen molar-refractivity contribution in [3.05, 3.63) is 35.5 Å². The number of aliphatic imine (C=N–C) groups is 1. The first-order chi connectivity index (χ1) is 12.2. The first-order valence-corrected chi connectivity index (χ1v) is 8.33. The number of guanidine groups is 1. The Morgan fingerprint density at radius 1 is 1.27 bits per heavy atom. The first kappa shape index (κ1) is 20.3. The summed E-state index contributed by atoms with van der Waals surface area (Å²) in [6, 6.07) is 6.00. The van der Waals surface area contributed by atoms with E-state index in [0.29, 0.717) is 38.0 Å². The van der Waals surface area contributed by atoms with E-state index in [2.05, 4.69) is 20.4 Å². The Labute approximate surface area is 170 Å². The van der Waals surface area contributed by atoms with Gasteiger partial charge in [-0.15, -0.1) is 24.0 Å². The van der Waals surface area contributed by atoms with Gasteiger partial charge in [0.25, 0.3) is 0 Å². The molecule has 8 nitrogen and oxygen atoms in total. The van der Waals surface area contributed by atoms with Gasteiger partial charge in [-0.1, -0.05) is 11.2 Å². The monoisotopic (exact) mass is 473 g/mol. The van der Waals surface area contributed by atoms with Crippen molar-refractivity contribution in [2.24, 2.45) is 4.99 Å². The third-order valence-corrected chi connectivity index (χ3v) is 3.66. The van der Waals surface area contributed by atoms with E-state index in [1.165, 1.54) is 0 Å². The topological polar surface area (TPSA) is 85.0 Å². The summed E-state index contributed by atoms with van der Waals surface area (Å²) >= 11 is 0. The standard InChI is InChI=1S/C17H23N5O3.HI/c1-4-18-17(19-10-16-20-12(2)25-21-16)22(3)11-13-5-6-14-15(9-13)24-8-7-23-14;/h5-6,9H,4,7-8,10-11H2,1-3H3,(H,18,19);1H. The van der Waals surface area contributed by atoms with Crippen molar-refractivity contribution in [1.82, 2.24) is 20.4 Å². The SMILES string of the molecule is CCNC(=NCc1noc(C)n1)N(C)Cc1ccc2c(c1)OCCO2.I. The normalized spacial score (nSPS) is 13.1. The molecule has 0 fully saturated rings. The van der Waals surface area contributed by atoms with Crippen LogP contribution in [-0.2, 0) is 13.1 Å². The molecule has 0 amide bonds. The molecule has 0 saturated carbocycles. The zero-order valence-electron chi connectivity index (χ0n) is 15.2. The van der Waals surface area contributed by atoms with Gasteiger partial charge in [-0.05, 0) is 24.6 Å². The summed E-state index contributed by atoms with van der Waals surface area (Å²) in [5, 5.41) is 7.15. The van der Waals surface area contributed by atoms with E-state index in [0.717, 1.165) is 29.6 Å². The average molecular weight is 473 g/mol. The molecule has 1 aliphatic rings. The van der Waals surface area contributed by atoms with E-state index in [4.69, 9.17) is 14.0 Å². The second kappa shape index (κ2) is 9.60. The van der Waals surface area contributed by atoms with Crippen LogP contribution in [0.25, 0.3) is 0 Å². The highest BCUT2D eigenvalue weighted by atomic mass is 127. The Morgan fingerprint density at radius 2 is 2.04 bits per heavy atom. The fourth-order valence-corrected chi connectivity index (χ4v) is 2.56. The fourth-order valence-electron chi connectivity index (χ4n) is 2.56. The summed E-state index contributed by atoms with van der Waals surface area (Å²) in [7, 11) is 1.99. The number of fused-ring (bicyclic) bond motifs is 1. The van der Waals surface area contributed by atoms with E-state index in [9.17, 15) is 0 Å². The van der Waals surface area contributed by atoms with Gasteiger partial charge in [-0.3, -0.25) is 0 Å². The van der Waals surface area contributed by atoms with Crippen molar-refractivity contribution < 1.29 is 14.0 Å². The first-order valence-electron chi connectivity index (χ1n) is 8.33. The summed E-state index contributed by atoms with van der Waals surface area (Å²) in [5.74, 6) is 3.48. The fraction of sp³-hybridized carbons (Fsp3) is 0.471. The largest absolute Gasteiger partial charge is 0.486 e. The summed E-state index contributed by atoms with van der Waals surface area (Å²) in [5.41, 5.74) is 1.12. The number of benzene rings is 1. The number of aromatic nitrogens is 2. The molecule has 26 heavy (non-hydrogen) atoms. The molecule has 2 aromatic rings. The summed E-state index contributed by atoms with van der Waals surface area (Å²) in [6.07, 6.45) is 0. The number of hydrogen-bond acceptors (Lipinski definition) is 6. The predicted octanol–water partition coefficient (Wildman–Crippen LogP) is 2.36. The average Bonchev–Trinajstić information content (AvgIpc) is 3.03. The Bertz CT molecular complexity index is 750. The summed E-state index contributed by atoms with van der Waals surface area (Å²) in [6.45, 7) is 6.80. The molecule has 0 bridgehead atoms. The molecule has 1 aromatic carbocycles. The molecular weight excluding hydrogens is 449 g/mol. The summed E-state index contributed by atoms with van der Waals surface area (Å²) in [4.78, 5) is 10.8. The lowest BCUT2D eigenvalue weighted by Gasteiger charge is -2.23. The third kappa shape index (κ3) is 5.23. The molecule has 0 saturated heterocycles. The minimum absolute atomic E-state index is 0. The highest BCUT2D eigenvalue weighted by molar-refractivity contribution is 14.0. The highest BCUT2D eigenvalue weighted by Gasteiger charge is 2.14. The smallest absolute Gasteiger partial charge is 0.223 e. The van der Waals surface area contributed by atoms with Gasteiger partial charge < -0.3 is 24.2 Å². The Balaban J connectivity index is 0.00000243. The number of nitrogens with one attached hydrogen (secondary N) is 1. The lowest BCUT2D eigenvalue weighted by atomic mass is 10.2. The van der Waals surface area contributed by atoms with E-state index >= 15 is 0 Å². The number of nitrogens with zero attached hydrogens (tertiary/aromatic N) is 4. The Morgan fingerprint density at radius 3 is 2.73 bits per heavy atom. The van der Waals surface area contributed by atoms with E-state index in [-0.39, 0.29) is 24.0 Å². The molecule has 0 aliphatic carbocycles. The van der Waals surface area contributed by atoms with E-state index < -0.39 is 0 Å². The van der Waals surface area contributed by atoms with Gasteiger partial charge in [0.1, 0.15) is 19.8 Å². The van der Waals surface area contributed by atoms with Crippen molar-refractivity contribution in [1.29, 1.82) is 0 Å². The van der Waals surface area contributed by atoms with Gasteiger partial charge in [0.2, 0.25) is 5.89 Å². The van der Waals surface area contributed by atoms with Crippen LogP contribution in [0.1, 0.15) is 24.2 Å². The van der Waals surface area contributed by atoms with Crippen molar-refractivity contribution in [2.75, 3.05) is 26.8 Å². The number of ether oxygens (including phenoxy) is 2. The number of halogens is 1. The van der Waals surface area contributed by atoms with Crippen molar-refractivity contribution in [2.45, 2.75) is 26.9 Å². The van der Waals surface area contributed by atoms with Gasteiger partial charge in [0.05, 0.1) is 0 Å². The lowest BCUT2D eigenvalue weighted by molar-refractivity contribution is 0.171. The second-order valence-electron chi connectivity index (χ2n) is 5.73. The van der Waals surface area contributed by atoms with Crippen molar-refractivity contribution >= 4 is 29.9 Å². The zero-order valence-corrected chi connectivity index (χ0v) is 17.5. The maximum atomic E-state index is 5.64. The van der Waals surface area contributed by atoms with Crippen LogP contribution in [0, 0.1) is 6.92 Å². The zero-order chi connectivity index (χ0) is 17.6. The molecule has 142 valence electrons. The minimum Gasteiger partial charge on any atom is -0.486 e. The molecule has 0 radical (unpaired) electrons. The van der Waals surface area contributed by atoms with Crippen LogP contribution >= 0.6 is 24.0 Å². The number of rotatable bonds is 5. The molecule has 1 aromatic heterocycles. The quantitative estimate of drug-likeness (QED) is 0.406. The molecule has 2 heterocycles. The predicted molar refractivity (Wildman–Crippen MR) is 108 cm³/mol. The summed E-state index contributed by atoms with van der Waals surface area (Å²) < 4.78 is 16.2. The van der Waals surface area contributed by atoms with Gasteiger partial charge in [-0.2, -0.15) is 4.98 Å². The second-order valence-corrected chi connectivity index (χ2v) is 5.73. The van der Waals surface area contributed by atoms with Crippen LogP contribution in [0.4, 0.5) is 0 Å². The molecule has 1 N–H and O–H groups in total. The van der Waals surface area contributed by atoms with Crippen molar-refractivity contribution in [3.8, 4) is 11.5 Å². The highest BCUT2D eigenvalue weighted by Crippen LogP contribution is 2.31. The maximum absolute atomic E-state index is 5.64. The number of hydrogen-bond donors (Lipinski definition) is 1. The van der Waals surface area contributed by atoms with Gasteiger partial charge in [-0.25, -0.2) is 4.99 Å². The Kier molecular flexibility index (Phi) is 7.49. The molecule has 0 atom stereocenters. The van der Waals surface area contributed by atoms with Crippen LogP contribution in [0.15, 0.2) is 27.7 Å². The maximum Gasteiger partial charge on any atom is 0.223 e. The van der Waals surface area contributed by atoms with Gasteiger partial charge in [0.15, 0.2) is 23.3 Å². The molecule has 9 heteroatoms. The van der Waals surface area contributed by atoms with Crippen LogP contribution in [-0.4, -0.2) is 47.8 Å². The molecular formula is C17H24IN5O3. The minimum atomic E-state index is 0. The van der Waals surface area contributed by atoms with E-state index in [1.54, 1.807) is 6.92 Å². The number of aryl methyl sites for hydroxylation is 1. The van der Waals surface area contributed by atoms with Crippen LogP contribution in [0.3, 0.4) is 0 Å². The van der Waals surface area contributed by atoms with Gasteiger partial charge in [0, 0.05) is 27.1 Å². The van der Waals surface area contributed by atoms with Gasteiger partial charge >= 0.3 is 0 Å². The van der Waals surface area contributed by atoms with Crippen LogP contribution < -0.4 is 14.8 Å². The van der Waals surface area contributed by atoms with Crippen molar-refractivity contribution in [3.63, 3.8) is 0 Å². The Hall–Kier alpha value is -2.04. The molecule has 0 spiro atoms. The molecule has 3 rings (SSSR count). The molecule has 0 unspecified atom stereocenters. The third-order valence-electron chi connectivity index (χ3n) is 3.66.